The lowest BCUT2D eigenvalue weighted by atomic mass is 10.0. The first-order valence-corrected chi connectivity index (χ1v) is 11.4. The van der Waals surface area contributed by atoms with Crippen LogP contribution in [0.3, 0.4) is 0 Å². The first-order chi connectivity index (χ1) is 16.6. The Morgan fingerprint density at radius 3 is 2.35 bits per heavy atom. The maximum absolute atomic E-state index is 12.3. The molecule has 6 nitrogen and oxygen atoms in total. The van der Waals surface area contributed by atoms with Crippen LogP contribution in [0, 0.1) is 0 Å². The third-order valence-corrected chi connectivity index (χ3v) is 5.73. The van der Waals surface area contributed by atoms with E-state index in [2.05, 4.69) is 12.1 Å². The van der Waals surface area contributed by atoms with Crippen molar-refractivity contribution in [3.63, 3.8) is 0 Å². The maximum Gasteiger partial charge on any atom is 0.267 e. The summed E-state index contributed by atoms with van der Waals surface area (Å²) in [5.41, 5.74) is 5.34. The highest BCUT2D eigenvalue weighted by Crippen LogP contribution is 2.35. The molecule has 2 aromatic carbocycles. The summed E-state index contributed by atoms with van der Waals surface area (Å²) in [5, 5.41) is 9.55. The van der Waals surface area contributed by atoms with E-state index in [9.17, 15) is 4.79 Å². The molecular formula is C28H26N4O2. The first-order valence-electron chi connectivity index (χ1n) is 11.4. The molecule has 5 aromatic rings. The van der Waals surface area contributed by atoms with Gasteiger partial charge in [-0.1, -0.05) is 60.7 Å². The Hall–Kier alpha value is -4.19. The topological polar surface area (TPSA) is 61.4 Å². The summed E-state index contributed by atoms with van der Waals surface area (Å²) in [5.74, 6) is 0.765. The fourth-order valence-corrected chi connectivity index (χ4v) is 4.03. The van der Waals surface area contributed by atoms with Crippen molar-refractivity contribution >= 4 is 5.52 Å². The van der Waals surface area contributed by atoms with Crippen molar-refractivity contribution in [3.8, 4) is 28.3 Å². The molecule has 34 heavy (non-hydrogen) atoms. The molecule has 0 fully saturated rings. The van der Waals surface area contributed by atoms with E-state index in [0.29, 0.717) is 12.3 Å². The van der Waals surface area contributed by atoms with Crippen molar-refractivity contribution in [1.29, 1.82) is 0 Å². The number of aromatic nitrogens is 4. The van der Waals surface area contributed by atoms with Crippen LogP contribution in [0.1, 0.15) is 25.5 Å². The average Bonchev–Trinajstić information content (AvgIpc) is 3.24. The normalized spacial score (nSPS) is 11.3. The van der Waals surface area contributed by atoms with Gasteiger partial charge in [-0.2, -0.15) is 10.2 Å². The molecule has 0 spiro atoms. The largest absolute Gasteiger partial charge is 0.493 e. The molecule has 0 aliphatic heterocycles. The monoisotopic (exact) mass is 450 g/mol. The molecule has 0 aliphatic rings. The summed E-state index contributed by atoms with van der Waals surface area (Å²) in [6.45, 7) is 4.47. The summed E-state index contributed by atoms with van der Waals surface area (Å²) in [7, 11) is 0. The number of pyridine rings is 1. The highest BCUT2D eigenvalue weighted by molar-refractivity contribution is 5.91. The van der Waals surface area contributed by atoms with E-state index in [1.807, 2.05) is 85.2 Å². The minimum absolute atomic E-state index is 0.0497. The van der Waals surface area contributed by atoms with E-state index < -0.39 is 0 Å². The van der Waals surface area contributed by atoms with Gasteiger partial charge in [0.2, 0.25) is 0 Å². The van der Waals surface area contributed by atoms with Crippen LogP contribution in [0.2, 0.25) is 0 Å². The summed E-state index contributed by atoms with van der Waals surface area (Å²) in [6.07, 6.45) is 2.73. The van der Waals surface area contributed by atoms with Gasteiger partial charge in [0.25, 0.3) is 5.56 Å². The third kappa shape index (κ3) is 4.35. The molecule has 5 rings (SSSR count). The van der Waals surface area contributed by atoms with Gasteiger partial charge in [0.05, 0.1) is 29.4 Å². The molecular weight excluding hydrogens is 424 g/mol. The fraction of sp³-hybridized carbons (Fsp3) is 0.179. The van der Waals surface area contributed by atoms with E-state index >= 15 is 0 Å². The number of benzene rings is 2. The van der Waals surface area contributed by atoms with Crippen LogP contribution in [0.25, 0.3) is 28.0 Å². The SMILES string of the molecule is CC(C)n1nc(-c2c(-c3ccccc3)nn3ccc(OCCc4ccccc4)cc23)ccc1=O. The molecule has 0 radical (unpaired) electrons. The van der Waals surface area contributed by atoms with E-state index in [0.717, 1.165) is 34.5 Å². The highest BCUT2D eigenvalue weighted by atomic mass is 16.5. The highest BCUT2D eigenvalue weighted by Gasteiger charge is 2.19. The summed E-state index contributed by atoms with van der Waals surface area (Å²) in [4.78, 5) is 12.3. The molecule has 0 atom stereocenters. The predicted molar refractivity (Wildman–Crippen MR) is 134 cm³/mol. The van der Waals surface area contributed by atoms with Crippen molar-refractivity contribution < 1.29 is 4.74 Å². The lowest BCUT2D eigenvalue weighted by molar-refractivity contribution is 0.322. The van der Waals surface area contributed by atoms with Gasteiger partial charge < -0.3 is 4.74 Å². The van der Waals surface area contributed by atoms with Crippen LogP contribution < -0.4 is 10.3 Å². The fourth-order valence-electron chi connectivity index (χ4n) is 4.03. The van der Waals surface area contributed by atoms with Crippen molar-refractivity contribution in [2.45, 2.75) is 26.3 Å². The molecule has 6 heteroatoms. The standard InChI is InChI=1S/C28H26N4O2/c1-20(2)32-26(33)14-13-24(29-32)27-25-19-23(34-18-16-21-9-5-3-6-10-21)15-17-31(25)30-28(27)22-11-7-4-8-12-22/h3-15,17,19-20H,16,18H2,1-2H3. The maximum atomic E-state index is 12.3. The van der Waals surface area contributed by atoms with Crippen LogP contribution in [0.5, 0.6) is 5.75 Å². The van der Waals surface area contributed by atoms with Crippen LogP contribution in [-0.4, -0.2) is 26.0 Å². The van der Waals surface area contributed by atoms with Crippen LogP contribution in [0.4, 0.5) is 0 Å². The molecule has 170 valence electrons. The van der Waals surface area contributed by atoms with Crippen molar-refractivity contribution in [2.75, 3.05) is 6.61 Å². The summed E-state index contributed by atoms with van der Waals surface area (Å²) in [6, 6.07) is 27.5. The zero-order valence-electron chi connectivity index (χ0n) is 19.3. The van der Waals surface area contributed by atoms with Gasteiger partial charge in [-0.15, -0.1) is 0 Å². The van der Waals surface area contributed by atoms with E-state index in [1.165, 1.54) is 10.2 Å². The molecule has 0 bridgehead atoms. The Balaban J connectivity index is 1.58. The van der Waals surface area contributed by atoms with Crippen molar-refractivity contribution in [2.24, 2.45) is 0 Å². The average molecular weight is 451 g/mol. The number of hydrogen-bond acceptors (Lipinski definition) is 4. The van der Waals surface area contributed by atoms with Gasteiger partial charge in [0.15, 0.2) is 0 Å². The summed E-state index contributed by atoms with van der Waals surface area (Å²) >= 11 is 0. The zero-order chi connectivity index (χ0) is 23.5. The molecule has 3 aromatic heterocycles. The van der Waals surface area contributed by atoms with Crippen LogP contribution >= 0.6 is 0 Å². The van der Waals surface area contributed by atoms with Gasteiger partial charge in [0.1, 0.15) is 11.4 Å². The van der Waals surface area contributed by atoms with Crippen molar-refractivity contribution in [3.05, 3.63) is 107 Å². The number of fused-ring (bicyclic) bond motifs is 1. The lowest BCUT2D eigenvalue weighted by Gasteiger charge is -2.11. The van der Waals surface area contributed by atoms with Gasteiger partial charge in [-0.3, -0.25) is 4.79 Å². The lowest BCUT2D eigenvalue weighted by Crippen LogP contribution is -2.23. The molecule has 0 unspecified atom stereocenters. The predicted octanol–water partition coefficient (Wildman–Crippen LogP) is 5.43. The van der Waals surface area contributed by atoms with E-state index in [4.69, 9.17) is 14.9 Å². The third-order valence-electron chi connectivity index (χ3n) is 5.73. The second kappa shape index (κ2) is 9.35. The van der Waals surface area contributed by atoms with Gasteiger partial charge in [-0.25, -0.2) is 9.20 Å². The first kappa shape index (κ1) is 21.6. The Labute approximate surface area is 198 Å². The molecule has 0 saturated heterocycles. The number of hydrogen-bond donors (Lipinski definition) is 0. The number of nitrogens with zero attached hydrogens (tertiary/aromatic N) is 4. The molecule has 0 aliphatic carbocycles. The van der Waals surface area contributed by atoms with Crippen LogP contribution in [0.15, 0.2) is 95.9 Å². The number of rotatable bonds is 7. The van der Waals surface area contributed by atoms with Gasteiger partial charge >= 0.3 is 0 Å². The molecule has 0 N–H and O–H groups in total. The molecule has 3 heterocycles. The Bertz CT molecular complexity index is 1470. The second-order valence-corrected chi connectivity index (χ2v) is 8.46. The van der Waals surface area contributed by atoms with E-state index in [1.54, 1.807) is 12.1 Å². The molecule has 0 amide bonds. The second-order valence-electron chi connectivity index (χ2n) is 8.46. The minimum atomic E-state index is -0.124. The summed E-state index contributed by atoms with van der Waals surface area (Å²) < 4.78 is 9.44. The van der Waals surface area contributed by atoms with E-state index in [-0.39, 0.29) is 11.6 Å². The minimum Gasteiger partial charge on any atom is -0.493 e. The van der Waals surface area contributed by atoms with Crippen LogP contribution in [-0.2, 0) is 6.42 Å². The Morgan fingerprint density at radius 1 is 0.882 bits per heavy atom. The van der Waals surface area contributed by atoms with Gasteiger partial charge in [0, 0.05) is 30.3 Å². The Kier molecular flexibility index (Phi) is 5.95. The quantitative estimate of drug-likeness (QED) is 0.332. The van der Waals surface area contributed by atoms with Crippen molar-refractivity contribution in [1.82, 2.24) is 19.4 Å². The Morgan fingerprint density at radius 2 is 1.62 bits per heavy atom. The molecule has 0 saturated carbocycles. The van der Waals surface area contributed by atoms with Gasteiger partial charge in [-0.05, 0) is 31.5 Å². The zero-order valence-corrected chi connectivity index (χ0v) is 19.3. The smallest absolute Gasteiger partial charge is 0.267 e. The number of ether oxygens (including phenoxy) is 1.